The molecule has 6 nitrogen and oxygen atoms in total. The number of primary amides is 1. The average Bonchev–Trinajstić information content (AvgIpc) is 2.33. The van der Waals surface area contributed by atoms with Crippen LogP contribution < -0.4 is 16.4 Å². The van der Waals surface area contributed by atoms with Crippen molar-refractivity contribution in [2.75, 3.05) is 17.2 Å². The van der Waals surface area contributed by atoms with Gasteiger partial charge >= 0.3 is 0 Å². The molecule has 6 heteroatoms. The van der Waals surface area contributed by atoms with Gasteiger partial charge < -0.3 is 16.4 Å². The van der Waals surface area contributed by atoms with Crippen LogP contribution in [0.5, 0.6) is 0 Å². The molecule has 2 heterocycles. The van der Waals surface area contributed by atoms with E-state index in [2.05, 4.69) is 21.8 Å². The first kappa shape index (κ1) is 12.6. The molecule has 0 spiro atoms. The fourth-order valence-electron chi connectivity index (χ4n) is 2.38. The second kappa shape index (κ2) is 4.80. The molecular weight excluding hydrogens is 230 g/mol. The number of piperidine rings is 1. The number of carbonyl (C=O) groups excluding carboxylic acids is 1. The van der Waals surface area contributed by atoms with Gasteiger partial charge in [-0.3, -0.25) is 4.79 Å². The lowest BCUT2D eigenvalue weighted by atomic mass is 9.92. The number of carbonyl (C=O) groups is 1. The Kier molecular flexibility index (Phi) is 3.36. The van der Waals surface area contributed by atoms with Crippen molar-refractivity contribution in [2.45, 2.75) is 32.7 Å². The summed E-state index contributed by atoms with van der Waals surface area (Å²) >= 11 is 0. The van der Waals surface area contributed by atoms with E-state index in [0.717, 1.165) is 24.2 Å². The molecule has 0 radical (unpaired) electrons. The zero-order chi connectivity index (χ0) is 13.3. The van der Waals surface area contributed by atoms with Gasteiger partial charge in [-0.05, 0) is 26.7 Å². The first-order valence-corrected chi connectivity index (χ1v) is 6.13. The summed E-state index contributed by atoms with van der Waals surface area (Å²) in [5.41, 5.74) is 12.1. The summed E-state index contributed by atoms with van der Waals surface area (Å²) < 4.78 is 0. The van der Waals surface area contributed by atoms with E-state index in [1.807, 2.05) is 6.92 Å². The van der Waals surface area contributed by atoms with Crippen LogP contribution in [-0.2, 0) is 4.79 Å². The molecule has 0 saturated carbocycles. The summed E-state index contributed by atoms with van der Waals surface area (Å²) in [4.78, 5) is 21.7. The van der Waals surface area contributed by atoms with Gasteiger partial charge in [0.25, 0.3) is 0 Å². The summed E-state index contributed by atoms with van der Waals surface area (Å²) in [6, 6.07) is 0.327. The minimum Gasteiger partial charge on any atom is -0.383 e. The van der Waals surface area contributed by atoms with Crippen LogP contribution in [0, 0.1) is 12.8 Å². The highest BCUT2D eigenvalue weighted by Gasteiger charge is 2.30. The second-order valence-electron chi connectivity index (χ2n) is 4.89. The third-order valence-corrected chi connectivity index (χ3v) is 3.65. The van der Waals surface area contributed by atoms with E-state index in [1.54, 1.807) is 0 Å². The number of hydrogen-bond donors (Lipinski definition) is 2. The molecule has 1 saturated heterocycles. The zero-order valence-corrected chi connectivity index (χ0v) is 10.8. The van der Waals surface area contributed by atoms with Crippen molar-refractivity contribution >= 4 is 17.5 Å². The molecule has 1 aliphatic rings. The molecule has 4 N–H and O–H groups in total. The number of anilines is 2. The van der Waals surface area contributed by atoms with Gasteiger partial charge in [-0.25, -0.2) is 9.97 Å². The highest BCUT2D eigenvalue weighted by molar-refractivity contribution is 5.77. The van der Waals surface area contributed by atoms with Gasteiger partial charge in [0.1, 0.15) is 18.0 Å². The van der Waals surface area contributed by atoms with Crippen LogP contribution in [0.1, 0.15) is 25.3 Å². The molecule has 2 atom stereocenters. The molecule has 0 bridgehead atoms. The molecule has 18 heavy (non-hydrogen) atoms. The second-order valence-corrected chi connectivity index (χ2v) is 4.89. The maximum Gasteiger partial charge on any atom is 0.222 e. The van der Waals surface area contributed by atoms with Crippen molar-refractivity contribution in [1.82, 2.24) is 9.97 Å². The van der Waals surface area contributed by atoms with E-state index in [4.69, 9.17) is 11.5 Å². The molecule has 0 aromatic carbocycles. The van der Waals surface area contributed by atoms with Crippen LogP contribution in [0.3, 0.4) is 0 Å². The average molecular weight is 249 g/mol. The zero-order valence-electron chi connectivity index (χ0n) is 10.8. The molecule has 1 aromatic heterocycles. The van der Waals surface area contributed by atoms with Gasteiger partial charge in [0, 0.05) is 18.2 Å². The SMILES string of the molecule is Cc1c(N)ncnc1N1CC(C(N)=O)CCC1C. The normalized spacial score (nSPS) is 24.0. The lowest BCUT2D eigenvalue weighted by Crippen LogP contribution is -2.46. The predicted octanol–water partition coefficient (Wildman–Crippen LogP) is 0.457. The Morgan fingerprint density at radius 2 is 2.17 bits per heavy atom. The van der Waals surface area contributed by atoms with Crippen molar-refractivity contribution < 1.29 is 4.79 Å². The van der Waals surface area contributed by atoms with Gasteiger partial charge in [-0.1, -0.05) is 0 Å². The number of rotatable bonds is 2. The number of aromatic nitrogens is 2. The van der Waals surface area contributed by atoms with E-state index in [0.29, 0.717) is 18.4 Å². The van der Waals surface area contributed by atoms with Gasteiger partial charge in [0.05, 0.1) is 5.92 Å². The van der Waals surface area contributed by atoms with E-state index in [1.165, 1.54) is 6.33 Å². The molecule has 98 valence electrons. The van der Waals surface area contributed by atoms with E-state index >= 15 is 0 Å². The third kappa shape index (κ3) is 2.23. The Morgan fingerprint density at radius 1 is 1.44 bits per heavy atom. The largest absolute Gasteiger partial charge is 0.383 e. The maximum atomic E-state index is 11.3. The number of nitrogens with two attached hydrogens (primary N) is 2. The molecule has 1 fully saturated rings. The first-order valence-electron chi connectivity index (χ1n) is 6.13. The van der Waals surface area contributed by atoms with E-state index in [-0.39, 0.29) is 11.8 Å². The van der Waals surface area contributed by atoms with Crippen LogP contribution in [0.2, 0.25) is 0 Å². The summed E-state index contributed by atoms with van der Waals surface area (Å²) in [6.45, 7) is 4.62. The monoisotopic (exact) mass is 249 g/mol. The lowest BCUT2D eigenvalue weighted by molar-refractivity contribution is -0.122. The number of nitrogens with zero attached hydrogens (tertiary/aromatic N) is 3. The molecule has 0 aliphatic carbocycles. The molecule has 1 aliphatic heterocycles. The van der Waals surface area contributed by atoms with Crippen LogP contribution in [0.25, 0.3) is 0 Å². The maximum absolute atomic E-state index is 11.3. The van der Waals surface area contributed by atoms with E-state index in [9.17, 15) is 4.79 Å². The highest BCUT2D eigenvalue weighted by atomic mass is 16.1. The van der Waals surface area contributed by atoms with Gasteiger partial charge in [-0.15, -0.1) is 0 Å². The molecular formula is C12H19N5O. The number of hydrogen-bond acceptors (Lipinski definition) is 5. The van der Waals surface area contributed by atoms with Crippen molar-refractivity contribution in [2.24, 2.45) is 11.7 Å². The van der Waals surface area contributed by atoms with Crippen LogP contribution in [-0.4, -0.2) is 28.5 Å². The summed E-state index contributed by atoms with van der Waals surface area (Å²) in [5, 5.41) is 0. The summed E-state index contributed by atoms with van der Waals surface area (Å²) in [7, 11) is 0. The fourth-order valence-corrected chi connectivity index (χ4v) is 2.38. The Hall–Kier alpha value is -1.85. The number of nitrogen functional groups attached to an aromatic ring is 1. The molecule has 1 amide bonds. The smallest absolute Gasteiger partial charge is 0.222 e. The third-order valence-electron chi connectivity index (χ3n) is 3.65. The quantitative estimate of drug-likeness (QED) is 0.793. The topological polar surface area (TPSA) is 98.1 Å². The molecule has 1 aromatic rings. The van der Waals surface area contributed by atoms with Crippen LogP contribution in [0.15, 0.2) is 6.33 Å². The minimum atomic E-state index is -0.244. The Morgan fingerprint density at radius 3 is 2.83 bits per heavy atom. The fraction of sp³-hybridized carbons (Fsp3) is 0.583. The van der Waals surface area contributed by atoms with Crippen LogP contribution in [0.4, 0.5) is 11.6 Å². The highest BCUT2D eigenvalue weighted by Crippen LogP contribution is 2.29. The number of amides is 1. The van der Waals surface area contributed by atoms with Gasteiger partial charge in [-0.2, -0.15) is 0 Å². The summed E-state index contributed by atoms with van der Waals surface area (Å²) in [6.07, 6.45) is 3.22. The minimum absolute atomic E-state index is 0.114. The Labute approximate surface area is 106 Å². The van der Waals surface area contributed by atoms with E-state index < -0.39 is 0 Å². The Balaban J connectivity index is 2.30. The standard InChI is InChI=1S/C12H19N5O/c1-7-3-4-9(11(14)18)5-17(7)12-8(2)10(13)15-6-16-12/h6-7,9H,3-5H2,1-2H3,(H2,14,18)(H2,13,15,16). The molecule has 2 unspecified atom stereocenters. The first-order chi connectivity index (χ1) is 8.50. The van der Waals surface area contributed by atoms with Crippen molar-refractivity contribution in [1.29, 1.82) is 0 Å². The predicted molar refractivity (Wildman–Crippen MR) is 69.9 cm³/mol. The van der Waals surface area contributed by atoms with Gasteiger partial charge in [0.15, 0.2) is 0 Å². The van der Waals surface area contributed by atoms with Crippen molar-refractivity contribution in [3.8, 4) is 0 Å². The van der Waals surface area contributed by atoms with Crippen LogP contribution >= 0.6 is 0 Å². The molecule has 2 rings (SSSR count). The lowest BCUT2D eigenvalue weighted by Gasteiger charge is -2.38. The van der Waals surface area contributed by atoms with Crippen molar-refractivity contribution in [3.63, 3.8) is 0 Å². The summed E-state index contributed by atoms with van der Waals surface area (Å²) in [5.74, 6) is 0.928. The van der Waals surface area contributed by atoms with Gasteiger partial charge in [0.2, 0.25) is 5.91 Å². The van der Waals surface area contributed by atoms with Crippen molar-refractivity contribution in [3.05, 3.63) is 11.9 Å². The Bertz CT molecular complexity index is 462.